The van der Waals surface area contributed by atoms with E-state index < -0.39 is 0 Å². The minimum absolute atomic E-state index is 0.150. The Bertz CT molecular complexity index is 639. The molecule has 0 aliphatic carbocycles. The fourth-order valence-electron chi connectivity index (χ4n) is 2.52. The number of imidazole rings is 1. The van der Waals surface area contributed by atoms with Gasteiger partial charge in [0.15, 0.2) is 0 Å². The topological polar surface area (TPSA) is 62.6 Å². The molecule has 0 fully saturated rings. The molecule has 0 atom stereocenters. The average Bonchev–Trinajstić information content (AvgIpc) is 3.00. The van der Waals surface area contributed by atoms with E-state index in [0.29, 0.717) is 13.0 Å². The molecule has 0 saturated heterocycles. The van der Waals surface area contributed by atoms with Crippen LogP contribution in [0.1, 0.15) is 32.1 Å². The highest BCUT2D eigenvalue weighted by Gasteiger charge is 2.05. The molecule has 0 bridgehead atoms. The van der Waals surface area contributed by atoms with Gasteiger partial charge in [0.1, 0.15) is 5.75 Å². The Hall–Kier alpha value is -2.08. The number of aromatic nitrogens is 2. The van der Waals surface area contributed by atoms with Gasteiger partial charge < -0.3 is 18.8 Å². The fraction of sp³-hybridized carbons (Fsp3) is 0.556. The van der Waals surface area contributed by atoms with Crippen LogP contribution in [-0.4, -0.2) is 43.0 Å². The molecular weight excluding hydrogens is 308 g/mol. The zero-order chi connectivity index (χ0) is 17.2. The van der Waals surface area contributed by atoms with Crippen LogP contribution in [0.25, 0.3) is 11.0 Å². The Morgan fingerprint density at radius 1 is 1.12 bits per heavy atom. The normalized spacial score (nSPS) is 10.9. The second kappa shape index (κ2) is 9.93. The van der Waals surface area contributed by atoms with Gasteiger partial charge in [-0.15, -0.1) is 0 Å². The maximum absolute atomic E-state index is 11.0. The van der Waals surface area contributed by atoms with Crippen LogP contribution in [0.2, 0.25) is 0 Å². The molecular formula is C18H26N2O4. The molecule has 2 aromatic rings. The summed E-state index contributed by atoms with van der Waals surface area (Å²) in [4.78, 5) is 15.4. The molecule has 1 aromatic carbocycles. The molecule has 0 amide bonds. The van der Waals surface area contributed by atoms with E-state index in [1.54, 1.807) is 7.11 Å². The second-order valence-corrected chi connectivity index (χ2v) is 5.67. The Kier molecular flexibility index (Phi) is 7.55. The van der Waals surface area contributed by atoms with Gasteiger partial charge in [-0.05, 0) is 37.8 Å². The lowest BCUT2D eigenvalue weighted by molar-refractivity contribution is -0.140. The van der Waals surface area contributed by atoms with Crippen molar-refractivity contribution in [2.75, 3.05) is 27.4 Å². The van der Waals surface area contributed by atoms with Crippen molar-refractivity contribution in [1.29, 1.82) is 0 Å². The molecule has 2 rings (SSSR count). The summed E-state index contributed by atoms with van der Waals surface area (Å²) in [5, 5.41) is 0. The van der Waals surface area contributed by atoms with E-state index in [9.17, 15) is 4.79 Å². The van der Waals surface area contributed by atoms with Crippen LogP contribution in [0, 0.1) is 0 Å². The van der Waals surface area contributed by atoms with E-state index >= 15 is 0 Å². The van der Waals surface area contributed by atoms with Crippen molar-refractivity contribution in [2.45, 2.75) is 38.6 Å². The number of fused-ring (bicyclic) bond motifs is 1. The number of rotatable bonds is 11. The summed E-state index contributed by atoms with van der Waals surface area (Å²) in [6.07, 6.45) is 5.99. The third-order valence-corrected chi connectivity index (χ3v) is 3.86. The quantitative estimate of drug-likeness (QED) is 0.466. The smallest absolute Gasteiger partial charge is 0.305 e. The number of carbonyl (C=O) groups excluding carboxylic acids is 1. The lowest BCUT2D eigenvalue weighted by atomic mass is 10.2. The first kappa shape index (κ1) is 18.3. The predicted molar refractivity (Wildman–Crippen MR) is 92.2 cm³/mol. The van der Waals surface area contributed by atoms with E-state index in [2.05, 4.69) is 14.3 Å². The highest BCUT2D eigenvalue weighted by Crippen LogP contribution is 2.20. The average molecular weight is 334 g/mol. The number of hydrogen-bond donors (Lipinski definition) is 0. The molecule has 0 unspecified atom stereocenters. The molecule has 132 valence electrons. The standard InChI is InChI=1S/C18H26N2O4/c1-22-11-6-10-20-14-19-16-9-8-15(13-17(16)20)24-12-5-3-4-7-18(21)23-2/h8-9,13-14H,3-7,10-12H2,1-2H3. The van der Waals surface area contributed by atoms with Gasteiger partial charge in [-0.1, -0.05) is 0 Å². The van der Waals surface area contributed by atoms with Crippen LogP contribution < -0.4 is 4.74 Å². The van der Waals surface area contributed by atoms with Crippen molar-refractivity contribution in [3.05, 3.63) is 24.5 Å². The summed E-state index contributed by atoms with van der Waals surface area (Å²) in [6, 6.07) is 5.96. The summed E-state index contributed by atoms with van der Waals surface area (Å²) >= 11 is 0. The van der Waals surface area contributed by atoms with Gasteiger partial charge >= 0.3 is 5.97 Å². The lowest BCUT2D eigenvalue weighted by Crippen LogP contribution is -2.02. The lowest BCUT2D eigenvalue weighted by Gasteiger charge is -2.08. The number of carbonyl (C=O) groups is 1. The van der Waals surface area contributed by atoms with E-state index in [1.165, 1.54) is 7.11 Å². The van der Waals surface area contributed by atoms with Gasteiger partial charge in [0.25, 0.3) is 0 Å². The van der Waals surface area contributed by atoms with E-state index in [0.717, 1.165) is 55.6 Å². The van der Waals surface area contributed by atoms with Crippen molar-refractivity contribution < 1.29 is 19.0 Å². The summed E-state index contributed by atoms with van der Waals surface area (Å²) in [6.45, 7) is 2.26. The Balaban J connectivity index is 1.79. The van der Waals surface area contributed by atoms with Gasteiger partial charge in [-0.2, -0.15) is 0 Å². The summed E-state index contributed by atoms with van der Waals surface area (Å²) in [5.41, 5.74) is 2.05. The van der Waals surface area contributed by atoms with Crippen LogP contribution in [0.4, 0.5) is 0 Å². The molecule has 0 aliphatic rings. The zero-order valence-corrected chi connectivity index (χ0v) is 14.5. The van der Waals surface area contributed by atoms with Crippen LogP contribution >= 0.6 is 0 Å². The van der Waals surface area contributed by atoms with Gasteiger partial charge in [0, 0.05) is 32.7 Å². The van der Waals surface area contributed by atoms with Crippen LogP contribution in [0.15, 0.2) is 24.5 Å². The Morgan fingerprint density at radius 3 is 2.79 bits per heavy atom. The van der Waals surface area contributed by atoms with E-state index in [4.69, 9.17) is 9.47 Å². The van der Waals surface area contributed by atoms with Gasteiger partial charge in [0.05, 0.1) is 31.1 Å². The largest absolute Gasteiger partial charge is 0.494 e. The maximum Gasteiger partial charge on any atom is 0.305 e. The summed E-state index contributed by atoms with van der Waals surface area (Å²) in [7, 11) is 3.13. The first-order valence-electron chi connectivity index (χ1n) is 8.38. The number of nitrogens with zero attached hydrogens (tertiary/aromatic N) is 2. The van der Waals surface area contributed by atoms with Crippen LogP contribution in [0.3, 0.4) is 0 Å². The van der Waals surface area contributed by atoms with Crippen LogP contribution in [0.5, 0.6) is 5.75 Å². The van der Waals surface area contributed by atoms with Gasteiger partial charge in [-0.3, -0.25) is 4.79 Å². The van der Waals surface area contributed by atoms with E-state index in [-0.39, 0.29) is 5.97 Å². The van der Waals surface area contributed by atoms with Gasteiger partial charge in [-0.25, -0.2) is 4.98 Å². The number of benzene rings is 1. The number of hydrogen-bond acceptors (Lipinski definition) is 5. The number of methoxy groups -OCH3 is 2. The van der Waals surface area contributed by atoms with Crippen molar-refractivity contribution in [2.24, 2.45) is 0 Å². The molecule has 24 heavy (non-hydrogen) atoms. The zero-order valence-electron chi connectivity index (χ0n) is 14.5. The fourth-order valence-corrected chi connectivity index (χ4v) is 2.52. The van der Waals surface area contributed by atoms with Crippen molar-refractivity contribution in [3.8, 4) is 5.75 Å². The van der Waals surface area contributed by atoms with Crippen molar-refractivity contribution in [1.82, 2.24) is 9.55 Å². The molecule has 1 aromatic heterocycles. The highest BCUT2D eigenvalue weighted by atomic mass is 16.5. The Morgan fingerprint density at radius 2 is 2.00 bits per heavy atom. The minimum Gasteiger partial charge on any atom is -0.494 e. The molecule has 0 saturated carbocycles. The summed E-state index contributed by atoms with van der Waals surface area (Å²) < 4.78 is 17.7. The number of unbranched alkanes of at least 4 members (excludes halogenated alkanes) is 2. The predicted octanol–water partition coefficient (Wildman–Crippen LogP) is 3.19. The SMILES string of the molecule is COCCCn1cnc2ccc(OCCCCCC(=O)OC)cc21. The first-order valence-corrected chi connectivity index (χ1v) is 8.38. The Labute approximate surface area is 142 Å². The second-order valence-electron chi connectivity index (χ2n) is 5.67. The third-order valence-electron chi connectivity index (χ3n) is 3.86. The van der Waals surface area contributed by atoms with Crippen LogP contribution in [-0.2, 0) is 20.8 Å². The minimum atomic E-state index is -0.150. The van der Waals surface area contributed by atoms with Gasteiger partial charge in [0.2, 0.25) is 0 Å². The highest BCUT2D eigenvalue weighted by molar-refractivity contribution is 5.77. The molecule has 6 nitrogen and oxygen atoms in total. The maximum atomic E-state index is 11.0. The third kappa shape index (κ3) is 5.53. The molecule has 0 aliphatic heterocycles. The first-order chi connectivity index (χ1) is 11.7. The number of esters is 1. The molecule has 0 radical (unpaired) electrons. The monoisotopic (exact) mass is 334 g/mol. The molecule has 1 heterocycles. The molecule has 0 N–H and O–H groups in total. The van der Waals surface area contributed by atoms with E-state index in [1.807, 2.05) is 24.5 Å². The number of aryl methyl sites for hydroxylation is 1. The molecule has 0 spiro atoms. The summed E-state index contributed by atoms with van der Waals surface area (Å²) in [5.74, 6) is 0.701. The number of ether oxygens (including phenoxy) is 3. The molecule has 6 heteroatoms. The van der Waals surface area contributed by atoms with Crippen molar-refractivity contribution in [3.63, 3.8) is 0 Å². The van der Waals surface area contributed by atoms with Crippen molar-refractivity contribution >= 4 is 17.0 Å².